The molecular formula is C13H14N2O3. The molecule has 0 bridgehead atoms. The minimum atomic E-state index is -0.256. The van der Waals surface area contributed by atoms with Crippen LogP contribution in [-0.2, 0) is 16.0 Å². The number of hydrogen-bond donors (Lipinski definition) is 0. The van der Waals surface area contributed by atoms with E-state index in [0.717, 1.165) is 11.1 Å². The first kappa shape index (κ1) is 12.3. The number of esters is 1. The fourth-order valence-electron chi connectivity index (χ4n) is 1.55. The highest BCUT2D eigenvalue weighted by Gasteiger charge is 2.05. The van der Waals surface area contributed by atoms with Crippen LogP contribution >= 0.6 is 0 Å². The summed E-state index contributed by atoms with van der Waals surface area (Å²) < 4.78 is 9.81. The summed E-state index contributed by atoms with van der Waals surface area (Å²) in [5.41, 5.74) is 2.00. The molecule has 0 aliphatic carbocycles. The predicted molar refractivity (Wildman–Crippen MR) is 64.8 cm³/mol. The predicted octanol–water partition coefficient (Wildman–Crippen LogP) is 2.15. The van der Waals surface area contributed by atoms with E-state index in [0.29, 0.717) is 24.7 Å². The highest BCUT2D eigenvalue weighted by Crippen LogP contribution is 2.16. The van der Waals surface area contributed by atoms with Crippen LogP contribution in [0.5, 0.6) is 0 Å². The fraction of sp³-hybridized carbons (Fsp3) is 0.308. The Bertz CT molecular complexity index is 531. The number of hydrogen-bond acceptors (Lipinski definition) is 5. The number of rotatable bonds is 4. The summed E-state index contributed by atoms with van der Waals surface area (Å²) >= 11 is 0. The Morgan fingerprint density at radius 2 is 2.06 bits per heavy atom. The third-order valence-corrected chi connectivity index (χ3v) is 2.44. The van der Waals surface area contributed by atoms with Gasteiger partial charge in [0.25, 0.3) is 0 Å². The molecule has 0 fully saturated rings. The van der Waals surface area contributed by atoms with Crippen molar-refractivity contribution in [3.05, 3.63) is 35.7 Å². The molecular weight excluding hydrogens is 232 g/mol. The third kappa shape index (κ3) is 3.16. The van der Waals surface area contributed by atoms with Gasteiger partial charge in [-0.15, -0.1) is 0 Å². The number of aryl methyl sites for hydroxylation is 1. The van der Waals surface area contributed by atoms with Crippen molar-refractivity contribution < 1.29 is 14.1 Å². The van der Waals surface area contributed by atoms with Gasteiger partial charge in [0.1, 0.15) is 0 Å². The van der Waals surface area contributed by atoms with Crippen molar-refractivity contribution >= 4 is 5.97 Å². The second kappa shape index (κ2) is 5.44. The molecule has 0 amide bonds. The molecule has 0 atom stereocenters. The molecule has 2 rings (SSSR count). The lowest BCUT2D eigenvalue weighted by Gasteiger charge is -2.02. The van der Waals surface area contributed by atoms with Crippen molar-refractivity contribution in [2.75, 3.05) is 6.61 Å². The van der Waals surface area contributed by atoms with E-state index < -0.39 is 0 Å². The lowest BCUT2D eigenvalue weighted by molar-refractivity contribution is -0.140. The van der Waals surface area contributed by atoms with Gasteiger partial charge in [0.05, 0.1) is 6.61 Å². The second-order valence-corrected chi connectivity index (χ2v) is 3.92. The van der Waals surface area contributed by atoms with Gasteiger partial charge in [-0.2, -0.15) is 4.98 Å². The molecule has 0 unspecified atom stereocenters. The van der Waals surface area contributed by atoms with Crippen molar-refractivity contribution in [1.82, 2.24) is 10.1 Å². The van der Waals surface area contributed by atoms with E-state index in [1.54, 1.807) is 6.92 Å². The van der Waals surface area contributed by atoms with E-state index in [2.05, 4.69) is 10.1 Å². The highest BCUT2D eigenvalue weighted by atomic mass is 16.5. The van der Waals surface area contributed by atoms with E-state index in [1.165, 1.54) is 6.92 Å². The Morgan fingerprint density at radius 1 is 1.33 bits per heavy atom. The quantitative estimate of drug-likeness (QED) is 0.773. The monoisotopic (exact) mass is 246 g/mol. The number of benzene rings is 1. The summed E-state index contributed by atoms with van der Waals surface area (Å²) in [4.78, 5) is 14.8. The van der Waals surface area contributed by atoms with Gasteiger partial charge in [-0.05, 0) is 5.56 Å². The Morgan fingerprint density at radius 3 is 2.61 bits per heavy atom. The maximum Gasteiger partial charge on any atom is 0.302 e. The average Bonchev–Trinajstić information content (AvgIpc) is 2.76. The summed E-state index contributed by atoms with van der Waals surface area (Å²) in [6.45, 7) is 3.56. The Balaban J connectivity index is 1.99. The SMILES string of the molecule is CC(=O)OCCc1ccc(-c2noc(C)n2)cc1. The number of carbonyl (C=O) groups excluding carboxylic acids is 1. The van der Waals surface area contributed by atoms with E-state index in [9.17, 15) is 4.79 Å². The van der Waals surface area contributed by atoms with Crippen molar-refractivity contribution in [2.24, 2.45) is 0 Å². The minimum absolute atomic E-state index is 0.256. The van der Waals surface area contributed by atoms with Gasteiger partial charge < -0.3 is 9.26 Å². The minimum Gasteiger partial charge on any atom is -0.466 e. The van der Waals surface area contributed by atoms with Crippen molar-refractivity contribution in [3.8, 4) is 11.4 Å². The molecule has 1 aromatic heterocycles. The molecule has 0 saturated heterocycles. The van der Waals surface area contributed by atoms with Crippen molar-refractivity contribution in [2.45, 2.75) is 20.3 Å². The molecule has 5 nitrogen and oxygen atoms in total. The summed E-state index contributed by atoms with van der Waals surface area (Å²) in [7, 11) is 0. The zero-order valence-electron chi connectivity index (χ0n) is 10.3. The van der Waals surface area contributed by atoms with Gasteiger partial charge >= 0.3 is 5.97 Å². The Kier molecular flexibility index (Phi) is 3.72. The Labute approximate surface area is 105 Å². The maximum atomic E-state index is 10.6. The number of aromatic nitrogens is 2. The van der Waals surface area contributed by atoms with Crippen LogP contribution < -0.4 is 0 Å². The topological polar surface area (TPSA) is 65.2 Å². The van der Waals surface area contributed by atoms with Gasteiger partial charge in [0, 0.05) is 25.8 Å². The van der Waals surface area contributed by atoms with E-state index in [4.69, 9.17) is 9.26 Å². The van der Waals surface area contributed by atoms with Gasteiger partial charge in [-0.3, -0.25) is 4.79 Å². The molecule has 2 aromatic rings. The largest absolute Gasteiger partial charge is 0.466 e. The van der Waals surface area contributed by atoms with Crippen molar-refractivity contribution in [3.63, 3.8) is 0 Å². The molecule has 94 valence electrons. The molecule has 0 aliphatic heterocycles. The van der Waals surface area contributed by atoms with Gasteiger partial charge in [0.15, 0.2) is 0 Å². The van der Waals surface area contributed by atoms with Crippen LogP contribution in [0, 0.1) is 6.92 Å². The Hall–Kier alpha value is -2.17. The molecule has 5 heteroatoms. The average molecular weight is 246 g/mol. The van der Waals surface area contributed by atoms with Crippen LogP contribution in [0.3, 0.4) is 0 Å². The van der Waals surface area contributed by atoms with Crippen LogP contribution in [0.25, 0.3) is 11.4 Å². The lowest BCUT2D eigenvalue weighted by Crippen LogP contribution is -2.03. The number of carbonyl (C=O) groups is 1. The molecule has 0 N–H and O–H groups in total. The first-order valence-corrected chi connectivity index (χ1v) is 5.68. The first-order chi connectivity index (χ1) is 8.65. The van der Waals surface area contributed by atoms with E-state index in [-0.39, 0.29) is 5.97 Å². The summed E-state index contributed by atoms with van der Waals surface area (Å²) in [6, 6.07) is 7.77. The second-order valence-electron chi connectivity index (χ2n) is 3.92. The van der Waals surface area contributed by atoms with Crippen LogP contribution in [0.2, 0.25) is 0 Å². The standard InChI is InChI=1S/C13H14N2O3/c1-9-14-13(15-18-9)12-5-3-11(4-6-12)7-8-17-10(2)16/h3-6H,7-8H2,1-2H3. The van der Waals surface area contributed by atoms with Crippen LogP contribution in [-0.4, -0.2) is 22.7 Å². The molecule has 1 heterocycles. The molecule has 0 spiro atoms. The van der Waals surface area contributed by atoms with E-state index >= 15 is 0 Å². The van der Waals surface area contributed by atoms with E-state index in [1.807, 2.05) is 24.3 Å². The lowest BCUT2D eigenvalue weighted by atomic mass is 10.1. The first-order valence-electron chi connectivity index (χ1n) is 5.68. The van der Waals surface area contributed by atoms with Gasteiger partial charge in [-0.1, -0.05) is 29.4 Å². The summed E-state index contributed by atoms with van der Waals surface area (Å²) in [6.07, 6.45) is 0.700. The van der Waals surface area contributed by atoms with Crippen LogP contribution in [0.1, 0.15) is 18.4 Å². The summed E-state index contributed by atoms with van der Waals surface area (Å²) in [5, 5.41) is 3.85. The smallest absolute Gasteiger partial charge is 0.302 e. The molecule has 0 saturated carbocycles. The molecule has 18 heavy (non-hydrogen) atoms. The number of ether oxygens (including phenoxy) is 1. The van der Waals surface area contributed by atoms with Crippen LogP contribution in [0.15, 0.2) is 28.8 Å². The van der Waals surface area contributed by atoms with Gasteiger partial charge in [-0.25, -0.2) is 0 Å². The highest BCUT2D eigenvalue weighted by molar-refractivity contribution is 5.65. The molecule has 0 radical (unpaired) electrons. The normalized spacial score (nSPS) is 10.3. The third-order valence-electron chi connectivity index (χ3n) is 2.44. The van der Waals surface area contributed by atoms with Crippen molar-refractivity contribution in [1.29, 1.82) is 0 Å². The fourth-order valence-corrected chi connectivity index (χ4v) is 1.55. The van der Waals surface area contributed by atoms with Crippen LogP contribution in [0.4, 0.5) is 0 Å². The summed E-state index contributed by atoms with van der Waals surface area (Å²) in [5.74, 6) is 0.872. The zero-order valence-corrected chi connectivity index (χ0v) is 10.3. The maximum absolute atomic E-state index is 10.6. The van der Waals surface area contributed by atoms with Gasteiger partial charge in [0.2, 0.25) is 11.7 Å². The number of nitrogens with zero attached hydrogens (tertiary/aromatic N) is 2. The zero-order chi connectivity index (χ0) is 13.0. The molecule has 0 aliphatic rings. The molecule has 1 aromatic carbocycles.